The number of ketones is 1. The molecule has 0 aliphatic rings. The lowest BCUT2D eigenvalue weighted by molar-refractivity contribution is -0.0979. The van der Waals surface area contributed by atoms with Gasteiger partial charge in [-0.15, -0.1) is 0 Å². The van der Waals surface area contributed by atoms with Crippen molar-refractivity contribution in [3.63, 3.8) is 0 Å². The van der Waals surface area contributed by atoms with Gasteiger partial charge in [-0.05, 0) is 0 Å². The predicted octanol–water partition coefficient (Wildman–Crippen LogP) is 2.34. The van der Waals surface area contributed by atoms with Gasteiger partial charge in [0.05, 0.1) is 0 Å². The van der Waals surface area contributed by atoms with Gasteiger partial charge >= 0.3 is 0 Å². The van der Waals surface area contributed by atoms with Crippen molar-refractivity contribution in [1.29, 1.82) is 0 Å². The van der Waals surface area contributed by atoms with Crippen molar-refractivity contribution in [2.45, 2.75) is 13.8 Å². The summed E-state index contributed by atoms with van der Waals surface area (Å²) >= 11 is 0. The Bertz CT molecular complexity index is 252. The van der Waals surface area contributed by atoms with Crippen LogP contribution in [-0.2, 0) is 4.79 Å². The molecule has 0 saturated heterocycles. The Morgan fingerprint density at radius 2 is 1.62 bits per heavy atom. The monoisotopic (exact) mass is 178 g/mol. The van der Waals surface area contributed by atoms with Crippen molar-refractivity contribution in [2.24, 2.45) is 5.92 Å². The molecule has 1 aromatic rings. The fourth-order valence-electron chi connectivity index (χ4n) is 0.936. The minimum absolute atomic E-state index is 0.0948. The number of Topliss-reactive ketones (excluding diaryl/α,β-unsaturated/α-hetero) is 1. The smallest absolute Gasteiger partial charge is 0.165 e. The van der Waals surface area contributed by atoms with Crippen LogP contribution >= 0.6 is 0 Å². The first-order chi connectivity index (χ1) is 6.22. The minimum atomic E-state index is 0.0948. The van der Waals surface area contributed by atoms with Crippen molar-refractivity contribution in [1.82, 2.24) is 0 Å². The van der Waals surface area contributed by atoms with Crippen LogP contribution in [0.3, 0.4) is 0 Å². The molecule has 0 amide bonds. The van der Waals surface area contributed by atoms with Gasteiger partial charge in [-0.3, -0.25) is 4.79 Å². The lowest BCUT2D eigenvalue weighted by atomic mass is 10.0. The lowest BCUT2D eigenvalue weighted by Gasteiger charge is -2.01. The first kappa shape index (κ1) is 11.6. The van der Waals surface area contributed by atoms with Crippen LogP contribution in [0.5, 0.6) is 0 Å². The second-order valence-corrected chi connectivity index (χ2v) is 2.88. The molecule has 1 rings (SSSR count). The summed E-state index contributed by atoms with van der Waals surface area (Å²) in [6.07, 6.45) is 0. The van der Waals surface area contributed by atoms with E-state index in [1.165, 1.54) is 0 Å². The third-order valence-electron chi connectivity index (χ3n) is 1.58. The van der Waals surface area contributed by atoms with E-state index in [9.17, 15) is 4.79 Å². The molecular formula is C11H14O2. The van der Waals surface area contributed by atoms with E-state index in [1.54, 1.807) is 0 Å². The SMILES string of the molecule is C=O.CC(C)C(=O)c1ccccc1. The maximum absolute atomic E-state index is 11.3. The topological polar surface area (TPSA) is 34.1 Å². The van der Waals surface area contributed by atoms with Gasteiger partial charge in [-0.1, -0.05) is 44.2 Å². The van der Waals surface area contributed by atoms with Crippen LogP contribution in [0.2, 0.25) is 0 Å². The minimum Gasteiger partial charge on any atom is -0.307 e. The van der Waals surface area contributed by atoms with E-state index < -0.39 is 0 Å². The molecule has 0 aliphatic heterocycles. The predicted molar refractivity (Wildman–Crippen MR) is 52.7 cm³/mol. The van der Waals surface area contributed by atoms with E-state index in [1.807, 2.05) is 51.0 Å². The Balaban J connectivity index is 0.000000671. The number of rotatable bonds is 2. The summed E-state index contributed by atoms with van der Waals surface area (Å²) in [5.74, 6) is 0.308. The van der Waals surface area contributed by atoms with Crippen LogP contribution in [0, 0.1) is 5.92 Å². The highest BCUT2D eigenvalue weighted by Gasteiger charge is 2.08. The van der Waals surface area contributed by atoms with Crippen LogP contribution in [0.15, 0.2) is 30.3 Å². The Morgan fingerprint density at radius 3 is 2.00 bits per heavy atom. The molecule has 0 saturated carbocycles. The molecule has 0 radical (unpaired) electrons. The maximum atomic E-state index is 11.3. The zero-order chi connectivity index (χ0) is 10.3. The average Bonchev–Trinajstić information content (AvgIpc) is 2.21. The largest absolute Gasteiger partial charge is 0.307 e. The molecular weight excluding hydrogens is 164 g/mol. The number of benzene rings is 1. The van der Waals surface area contributed by atoms with Gasteiger partial charge in [-0.2, -0.15) is 0 Å². The standard InChI is InChI=1S/C10H12O.CH2O/c1-8(2)10(11)9-6-4-3-5-7-9;1-2/h3-8H,1-2H3;1H2. The van der Waals surface area contributed by atoms with Gasteiger partial charge in [0.25, 0.3) is 0 Å². The maximum Gasteiger partial charge on any atom is 0.165 e. The van der Waals surface area contributed by atoms with E-state index in [4.69, 9.17) is 4.79 Å². The quantitative estimate of drug-likeness (QED) is 0.651. The van der Waals surface area contributed by atoms with Crippen molar-refractivity contribution >= 4 is 12.6 Å². The fourth-order valence-corrected chi connectivity index (χ4v) is 0.936. The highest BCUT2D eigenvalue weighted by molar-refractivity contribution is 5.97. The van der Waals surface area contributed by atoms with Crippen molar-refractivity contribution in [3.8, 4) is 0 Å². The van der Waals surface area contributed by atoms with E-state index >= 15 is 0 Å². The molecule has 0 aliphatic carbocycles. The van der Waals surface area contributed by atoms with E-state index in [0.29, 0.717) is 0 Å². The molecule has 2 nitrogen and oxygen atoms in total. The van der Waals surface area contributed by atoms with Crippen molar-refractivity contribution in [3.05, 3.63) is 35.9 Å². The summed E-state index contributed by atoms with van der Waals surface area (Å²) in [7, 11) is 0. The normalized spacial score (nSPS) is 8.85. The fraction of sp³-hybridized carbons (Fsp3) is 0.273. The van der Waals surface area contributed by atoms with Crippen LogP contribution in [-0.4, -0.2) is 12.6 Å². The van der Waals surface area contributed by atoms with E-state index in [-0.39, 0.29) is 11.7 Å². The molecule has 2 heteroatoms. The molecule has 0 N–H and O–H groups in total. The van der Waals surface area contributed by atoms with Crippen molar-refractivity contribution in [2.75, 3.05) is 0 Å². The van der Waals surface area contributed by atoms with Crippen molar-refractivity contribution < 1.29 is 9.59 Å². The third-order valence-corrected chi connectivity index (χ3v) is 1.58. The lowest BCUT2D eigenvalue weighted by Crippen LogP contribution is -2.06. The van der Waals surface area contributed by atoms with Gasteiger partial charge < -0.3 is 4.79 Å². The molecule has 1 aromatic carbocycles. The van der Waals surface area contributed by atoms with Crippen LogP contribution in [0.4, 0.5) is 0 Å². The average molecular weight is 178 g/mol. The molecule has 0 fully saturated rings. The second kappa shape index (κ2) is 6.12. The zero-order valence-electron chi connectivity index (χ0n) is 7.99. The highest BCUT2D eigenvalue weighted by Crippen LogP contribution is 2.06. The Hall–Kier alpha value is -1.44. The summed E-state index contributed by atoms with van der Waals surface area (Å²) in [5.41, 5.74) is 0.808. The van der Waals surface area contributed by atoms with Gasteiger partial charge in [0.1, 0.15) is 6.79 Å². The summed E-state index contributed by atoms with van der Waals surface area (Å²) in [5, 5.41) is 0. The molecule has 70 valence electrons. The van der Waals surface area contributed by atoms with Crippen LogP contribution in [0.1, 0.15) is 24.2 Å². The summed E-state index contributed by atoms with van der Waals surface area (Å²) in [6, 6.07) is 9.38. The van der Waals surface area contributed by atoms with Gasteiger partial charge in [0.15, 0.2) is 5.78 Å². The molecule has 13 heavy (non-hydrogen) atoms. The highest BCUT2D eigenvalue weighted by atomic mass is 16.1. The van der Waals surface area contributed by atoms with Gasteiger partial charge in [-0.25, -0.2) is 0 Å². The number of carbonyl (C=O) groups excluding carboxylic acids is 2. The Morgan fingerprint density at radius 1 is 1.15 bits per heavy atom. The zero-order valence-corrected chi connectivity index (χ0v) is 7.99. The number of carbonyl (C=O) groups is 2. The molecule has 0 aromatic heterocycles. The molecule has 0 spiro atoms. The van der Waals surface area contributed by atoms with E-state index in [0.717, 1.165) is 5.56 Å². The van der Waals surface area contributed by atoms with Gasteiger partial charge in [0.2, 0.25) is 0 Å². The third kappa shape index (κ3) is 3.65. The van der Waals surface area contributed by atoms with E-state index in [2.05, 4.69) is 0 Å². The van der Waals surface area contributed by atoms with Crippen LogP contribution in [0.25, 0.3) is 0 Å². The molecule has 0 heterocycles. The number of hydrogen-bond acceptors (Lipinski definition) is 2. The summed E-state index contributed by atoms with van der Waals surface area (Å²) < 4.78 is 0. The second-order valence-electron chi connectivity index (χ2n) is 2.88. The summed E-state index contributed by atoms with van der Waals surface area (Å²) in [4.78, 5) is 19.3. The number of hydrogen-bond donors (Lipinski definition) is 0. The molecule has 0 atom stereocenters. The Kier molecular flexibility index (Phi) is 5.44. The first-order valence-electron chi connectivity index (χ1n) is 4.10. The van der Waals surface area contributed by atoms with Crippen LogP contribution < -0.4 is 0 Å². The first-order valence-corrected chi connectivity index (χ1v) is 4.10. The molecule has 0 bridgehead atoms. The van der Waals surface area contributed by atoms with Gasteiger partial charge in [0, 0.05) is 11.5 Å². The Labute approximate surface area is 78.6 Å². The summed E-state index contributed by atoms with van der Waals surface area (Å²) in [6.45, 7) is 5.82. The molecule has 0 unspecified atom stereocenters.